The molecule has 7 nitrogen and oxygen atoms in total. The third kappa shape index (κ3) is 6.84. The van der Waals surface area contributed by atoms with E-state index in [0.29, 0.717) is 6.54 Å². The monoisotopic (exact) mass is 390 g/mol. The van der Waals surface area contributed by atoms with Crippen molar-refractivity contribution in [3.05, 3.63) is 65.2 Å². The van der Waals surface area contributed by atoms with Gasteiger partial charge in [0.15, 0.2) is 6.61 Å². The molecule has 27 heavy (non-hydrogen) atoms. The van der Waals surface area contributed by atoms with E-state index in [0.717, 1.165) is 16.7 Å². The highest BCUT2D eigenvalue weighted by molar-refractivity contribution is 7.89. The second-order valence-electron chi connectivity index (χ2n) is 6.06. The third-order valence-electron chi connectivity index (χ3n) is 3.71. The molecular formula is C19H22N2O5S. The number of carbonyl (C=O) groups is 2. The predicted molar refractivity (Wildman–Crippen MR) is 100 cm³/mol. The number of ether oxygens (including phenoxy) is 1. The van der Waals surface area contributed by atoms with Gasteiger partial charge in [-0.15, -0.1) is 0 Å². The summed E-state index contributed by atoms with van der Waals surface area (Å²) in [6.45, 7) is 3.09. The molecule has 0 unspecified atom stereocenters. The maximum Gasteiger partial charge on any atom is 0.321 e. The molecule has 2 aromatic rings. The van der Waals surface area contributed by atoms with Gasteiger partial charge < -0.3 is 10.1 Å². The number of nitrogens with one attached hydrogen (secondary N) is 2. The van der Waals surface area contributed by atoms with E-state index in [1.807, 2.05) is 38.1 Å². The summed E-state index contributed by atoms with van der Waals surface area (Å²) in [5.41, 5.74) is 2.96. The highest BCUT2D eigenvalue weighted by Gasteiger charge is 2.16. The van der Waals surface area contributed by atoms with Crippen LogP contribution in [0.15, 0.2) is 53.4 Å². The smallest absolute Gasteiger partial charge is 0.321 e. The van der Waals surface area contributed by atoms with Crippen LogP contribution < -0.4 is 10.0 Å². The zero-order valence-corrected chi connectivity index (χ0v) is 16.0. The van der Waals surface area contributed by atoms with E-state index < -0.39 is 35.1 Å². The topological polar surface area (TPSA) is 102 Å². The van der Waals surface area contributed by atoms with E-state index in [-0.39, 0.29) is 4.90 Å². The van der Waals surface area contributed by atoms with Crippen LogP contribution in [0.5, 0.6) is 0 Å². The summed E-state index contributed by atoms with van der Waals surface area (Å²) in [6, 6.07) is 13.9. The Labute approximate surface area is 158 Å². The van der Waals surface area contributed by atoms with Crippen molar-refractivity contribution in [3.8, 4) is 0 Å². The van der Waals surface area contributed by atoms with Crippen LogP contribution in [-0.2, 0) is 30.9 Å². The van der Waals surface area contributed by atoms with E-state index in [1.54, 1.807) is 12.1 Å². The fraction of sp³-hybridized carbons (Fsp3) is 0.263. The average Bonchev–Trinajstić information content (AvgIpc) is 2.64. The third-order valence-corrected chi connectivity index (χ3v) is 5.13. The van der Waals surface area contributed by atoms with Crippen LogP contribution in [-0.4, -0.2) is 33.4 Å². The van der Waals surface area contributed by atoms with Crippen molar-refractivity contribution in [2.45, 2.75) is 25.3 Å². The Hall–Kier alpha value is -2.71. The Kier molecular flexibility index (Phi) is 7.09. The van der Waals surface area contributed by atoms with Crippen molar-refractivity contribution >= 4 is 21.9 Å². The number of carbonyl (C=O) groups excluding carboxylic acids is 2. The quantitative estimate of drug-likeness (QED) is 0.664. The molecule has 1 amide bonds. The first-order valence-corrected chi connectivity index (χ1v) is 9.79. The number of benzene rings is 2. The lowest BCUT2D eigenvalue weighted by atomic mass is 10.1. The molecule has 0 aliphatic heterocycles. The largest absolute Gasteiger partial charge is 0.455 e. The predicted octanol–water partition coefficient (Wildman–Crippen LogP) is 1.44. The van der Waals surface area contributed by atoms with Crippen molar-refractivity contribution in [3.63, 3.8) is 0 Å². The molecule has 0 spiro atoms. The van der Waals surface area contributed by atoms with Gasteiger partial charge in [-0.1, -0.05) is 47.5 Å². The average molecular weight is 390 g/mol. The molecule has 0 aromatic heterocycles. The first-order valence-electron chi connectivity index (χ1n) is 8.30. The number of aryl methyl sites for hydroxylation is 2. The van der Waals surface area contributed by atoms with Crippen molar-refractivity contribution < 1.29 is 22.7 Å². The van der Waals surface area contributed by atoms with Gasteiger partial charge in [0.2, 0.25) is 10.0 Å². The first-order chi connectivity index (χ1) is 12.8. The number of sulfonamides is 1. The molecule has 0 atom stereocenters. The molecule has 0 saturated heterocycles. The van der Waals surface area contributed by atoms with Gasteiger partial charge in [-0.25, -0.2) is 8.42 Å². The Morgan fingerprint density at radius 1 is 0.926 bits per heavy atom. The molecule has 2 aromatic carbocycles. The SMILES string of the molecule is Cc1ccc(CNC(=O)COC(=O)CNS(=O)(=O)c2ccc(C)cc2)cc1. The van der Waals surface area contributed by atoms with Crippen LogP contribution in [0.4, 0.5) is 0 Å². The van der Waals surface area contributed by atoms with E-state index in [9.17, 15) is 18.0 Å². The Balaban J connectivity index is 1.72. The van der Waals surface area contributed by atoms with Crippen LogP contribution in [0, 0.1) is 13.8 Å². The minimum Gasteiger partial charge on any atom is -0.455 e. The van der Waals surface area contributed by atoms with Gasteiger partial charge >= 0.3 is 5.97 Å². The number of rotatable bonds is 8. The van der Waals surface area contributed by atoms with Crippen LogP contribution >= 0.6 is 0 Å². The van der Waals surface area contributed by atoms with Gasteiger partial charge in [0.05, 0.1) is 4.90 Å². The molecule has 2 rings (SSSR count). The van der Waals surface area contributed by atoms with Gasteiger partial charge in [-0.3, -0.25) is 9.59 Å². The minimum absolute atomic E-state index is 0.0525. The molecule has 0 aliphatic rings. The molecule has 0 aliphatic carbocycles. The number of hydrogen-bond acceptors (Lipinski definition) is 5. The van der Waals surface area contributed by atoms with Crippen LogP contribution in [0.1, 0.15) is 16.7 Å². The van der Waals surface area contributed by atoms with E-state index in [2.05, 4.69) is 10.0 Å². The van der Waals surface area contributed by atoms with Gasteiger partial charge in [0.25, 0.3) is 5.91 Å². The minimum atomic E-state index is -3.81. The van der Waals surface area contributed by atoms with Gasteiger partial charge in [-0.05, 0) is 31.5 Å². The van der Waals surface area contributed by atoms with Crippen molar-refractivity contribution in [2.24, 2.45) is 0 Å². The van der Waals surface area contributed by atoms with E-state index in [1.165, 1.54) is 12.1 Å². The zero-order valence-electron chi connectivity index (χ0n) is 15.2. The van der Waals surface area contributed by atoms with Crippen LogP contribution in [0.2, 0.25) is 0 Å². The van der Waals surface area contributed by atoms with Crippen molar-refractivity contribution in [1.29, 1.82) is 0 Å². The lowest BCUT2D eigenvalue weighted by Gasteiger charge is -2.08. The van der Waals surface area contributed by atoms with E-state index >= 15 is 0 Å². The number of esters is 1. The molecular weight excluding hydrogens is 368 g/mol. The Bertz CT molecular complexity index is 891. The Morgan fingerprint density at radius 2 is 1.48 bits per heavy atom. The summed E-state index contributed by atoms with van der Waals surface area (Å²) in [4.78, 5) is 23.4. The number of hydrogen-bond donors (Lipinski definition) is 2. The fourth-order valence-corrected chi connectivity index (χ4v) is 3.08. The molecule has 144 valence electrons. The summed E-state index contributed by atoms with van der Waals surface area (Å²) < 4.78 is 31.1. The van der Waals surface area contributed by atoms with Crippen molar-refractivity contribution in [1.82, 2.24) is 10.0 Å². The molecule has 0 heterocycles. The maximum absolute atomic E-state index is 12.1. The lowest BCUT2D eigenvalue weighted by Crippen LogP contribution is -2.33. The summed E-state index contributed by atoms with van der Waals surface area (Å²) in [7, 11) is -3.81. The summed E-state index contributed by atoms with van der Waals surface area (Å²) in [6.07, 6.45) is 0. The summed E-state index contributed by atoms with van der Waals surface area (Å²) in [5, 5.41) is 2.62. The van der Waals surface area contributed by atoms with Crippen LogP contribution in [0.3, 0.4) is 0 Å². The van der Waals surface area contributed by atoms with Gasteiger partial charge in [0, 0.05) is 6.54 Å². The maximum atomic E-state index is 12.1. The summed E-state index contributed by atoms with van der Waals surface area (Å²) >= 11 is 0. The first kappa shape index (κ1) is 20.6. The molecule has 0 saturated carbocycles. The molecule has 2 N–H and O–H groups in total. The zero-order chi connectivity index (χ0) is 19.9. The van der Waals surface area contributed by atoms with Gasteiger partial charge in [0.1, 0.15) is 6.54 Å². The second kappa shape index (κ2) is 9.29. The molecule has 0 fully saturated rings. The highest BCUT2D eigenvalue weighted by Crippen LogP contribution is 2.09. The number of amides is 1. The fourth-order valence-electron chi connectivity index (χ4n) is 2.11. The second-order valence-corrected chi connectivity index (χ2v) is 7.83. The lowest BCUT2D eigenvalue weighted by molar-refractivity contribution is -0.147. The molecule has 8 heteroatoms. The molecule has 0 bridgehead atoms. The summed E-state index contributed by atoms with van der Waals surface area (Å²) in [5.74, 6) is -1.30. The van der Waals surface area contributed by atoms with Crippen molar-refractivity contribution in [2.75, 3.05) is 13.2 Å². The molecule has 0 radical (unpaired) electrons. The van der Waals surface area contributed by atoms with Crippen LogP contribution in [0.25, 0.3) is 0 Å². The normalized spacial score (nSPS) is 11.0. The van der Waals surface area contributed by atoms with Gasteiger partial charge in [-0.2, -0.15) is 4.72 Å². The van der Waals surface area contributed by atoms with E-state index in [4.69, 9.17) is 4.74 Å². The Morgan fingerprint density at radius 3 is 2.07 bits per heavy atom. The highest BCUT2D eigenvalue weighted by atomic mass is 32.2. The standard InChI is InChI=1S/C19H22N2O5S/c1-14-3-7-16(8-4-14)11-20-18(22)13-26-19(23)12-21-27(24,25)17-9-5-15(2)6-10-17/h3-10,21H,11-13H2,1-2H3,(H,20,22).